The number of aromatic nitrogens is 1. The highest BCUT2D eigenvalue weighted by atomic mass is 35.5. The number of anilines is 1. The molecule has 0 atom stereocenters. The van der Waals surface area contributed by atoms with Gasteiger partial charge in [-0.25, -0.2) is 0 Å². The van der Waals surface area contributed by atoms with E-state index in [2.05, 4.69) is 16.0 Å². The van der Waals surface area contributed by atoms with Crippen LogP contribution in [0, 0.1) is 17.7 Å². The summed E-state index contributed by atoms with van der Waals surface area (Å²) in [6, 6.07) is 8.00. The Morgan fingerprint density at radius 3 is 2.45 bits per heavy atom. The van der Waals surface area contributed by atoms with Crippen molar-refractivity contribution >= 4 is 42.4 Å². The van der Waals surface area contributed by atoms with Crippen LogP contribution in [0.5, 0.6) is 5.75 Å². The number of piperidine rings is 1. The number of aryl methyl sites for hydroxylation is 1. The van der Waals surface area contributed by atoms with Gasteiger partial charge >= 0.3 is 5.97 Å². The maximum Gasteiger partial charge on any atom is 0.313 e. The second kappa shape index (κ2) is 10.9. The second-order valence-electron chi connectivity index (χ2n) is 8.51. The molecule has 180 valence electrons. The fourth-order valence-electron chi connectivity index (χ4n) is 4.45. The number of nitrogens with two attached hydrogens (primary N) is 1. The van der Waals surface area contributed by atoms with Gasteiger partial charge in [-0.2, -0.15) is 0 Å². The number of rotatable bonds is 5. The fraction of sp³-hybridized carbons (Fsp3) is 0.435. The summed E-state index contributed by atoms with van der Waals surface area (Å²) in [6.07, 6.45) is 5.38. The molecule has 2 aliphatic heterocycles. The van der Waals surface area contributed by atoms with E-state index in [1.165, 1.54) is 5.56 Å². The highest BCUT2D eigenvalue weighted by Crippen LogP contribution is 2.36. The number of carbonyl (C=O) groups is 1. The lowest BCUT2D eigenvalue weighted by atomic mass is 9.79. The van der Waals surface area contributed by atoms with Crippen LogP contribution in [0.1, 0.15) is 29.5 Å². The third-order valence-corrected chi connectivity index (χ3v) is 6.56. The topological polar surface area (TPSA) is 116 Å². The lowest BCUT2D eigenvalue weighted by Crippen LogP contribution is -2.47. The summed E-state index contributed by atoms with van der Waals surface area (Å²) >= 11 is 0. The van der Waals surface area contributed by atoms with Crippen LogP contribution >= 0.6 is 24.8 Å². The van der Waals surface area contributed by atoms with Gasteiger partial charge in [-0.1, -0.05) is 6.07 Å². The molecule has 0 amide bonds. The van der Waals surface area contributed by atoms with Crippen molar-refractivity contribution in [2.24, 2.45) is 11.1 Å². The number of carboxylic acid groups (broad SMARTS) is 1. The van der Waals surface area contributed by atoms with Crippen molar-refractivity contribution in [2.75, 3.05) is 31.1 Å². The number of pyridine rings is 1. The van der Waals surface area contributed by atoms with Gasteiger partial charge in [0.2, 0.25) is 0 Å². The summed E-state index contributed by atoms with van der Waals surface area (Å²) in [5.74, 6) is -0.0268. The van der Waals surface area contributed by atoms with Gasteiger partial charge in [0, 0.05) is 44.3 Å². The molecule has 0 saturated carbocycles. The molecule has 1 fully saturated rings. The van der Waals surface area contributed by atoms with E-state index in [1.807, 2.05) is 30.0 Å². The molecule has 3 heterocycles. The first-order valence-electron chi connectivity index (χ1n) is 10.6. The summed E-state index contributed by atoms with van der Waals surface area (Å²) in [5.41, 5.74) is 9.14. The number of ether oxygens (including phenoxy) is 1. The average molecular weight is 496 g/mol. The molecule has 4 N–H and O–H groups in total. The maximum absolute atomic E-state index is 12.2. The summed E-state index contributed by atoms with van der Waals surface area (Å²) < 4.78 is 6.13. The third-order valence-electron chi connectivity index (χ3n) is 6.56. The van der Waals surface area contributed by atoms with Crippen LogP contribution in [0.4, 0.5) is 5.69 Å². The van der Waals surface area contributed by atoms with Gasteiger partial charge in [0.15, 0.2) is 5.96 Å². The number of fused-ring (bicyclic) bond motifs is 1. The van der Waals surface area contributed by atoms with E-state index in [1.54, 1.807) is 12.4 Å². The molecule has 0 unspecified atom stereocenters. The number of halogens is 2. The Labute approximate surface area is 206 Å². The Balaban J connectivity index is 0.00000193. The molecule has 33 heavy (non-hydrogen) atoms. The predicted octanol–water partition coefficient (Wildman–Crippen LogP) is 3.24. The highest BCUT2D eigenvalue weighted by Gasteiger charge is 2.42. The molecule has 0 spiro atoms. The number of guanidine groups is 1. The summed E-state index contributed by atoms with van der Waals surface area (Å²) in [4.78, 5) is 20.3. The lowest BCUT2D eigenvalue weighted by molar-refractivity contribution is -0.152. The van der Waals surface area contributed by atoms with Gasteiger partial charge in [0.1, 0.15) is 17.8 Å². The van der Waals surface area contributed by atoms with Crippen LogP contribution in [-0.4, -0.2) is 53.2 Å². The number of hydrogen-bond acceptors (Lipinski definition) is 5. The third kappa shape index (κ3) is 5.62. The van der Waals surface area contributed by atoms with Crippen molar-refractivity contribution in [3.8, 4) is 5.75 Å². The summed E-state index contributed by atoms with van der Waals surface area (Å²) in [6.45, 7) is 4.77. The molecule has 1 saturated heterocycles. The fourth-order valence-corrected chi connectivity index (χ4v) is 4.45. The van der Waals surface area contributed by atoms with Gasteiger partial charge in [-0.05, 0) is 61.1 Å². The van der Waals surface area contributed by atoms with Crippen molar-refractivity contribution in [3.05, 3.63) is 53.3 Å². The molecule has 2 aromatic rings. The van der Waals surface area contributed by atoms with Crippen LogP contribution in [0.25, 0.3) is 0 Å². The van der Waals surface area contributed by atoms with Crippen LogP contribution < -0.4 is 15.4 Å². The molecular formula is C23H31Cl2N5O3. The maximum atomic E-state index is 12.2. The molecular weight excluding hydrogens is 465 g/mol. The molecule has 8 nitrogen and oxygen atoms in total. The van der Waals surface area contributed by atoms with E-state index in [-0.39, 0.29) is 37.4 Å². The minimum atomic E-state index is -0.905. The minimum absolute atomic E-state index is 0. The monoisotopic (exact) mass is 495 g/mol. The van der Waals surface area contributed by atoms with E-state index >= 15 is 0 Å². The standard InChI is InChI=1S/C23H29N5O3.2ClH/c1-16-12-17-4-9-28(22(24)25)14-18(17)13-20(16)31-15-23(21(29)30)5-10-27(11-6-23)19-2-7-26-8-3-19;;/h2-3,7-8,12-13H,4-6,9-11,14-15H2,1H3,(H3,24,25)(H,29,30);2*1H. The van der Waals surface area contributed by atoms with E-state index in [0.29, 0.717) is 38.2 Å². The zero-order valence-corrected chi connectivity index (χ0v) is 20.3. The number of hydrogen-bond donors (Lipinski definition) is 3. The summed E-state index contributed by atoms with van der Waals surface area (Å²) in [5, 5.41) is 17.7. The number of benzene rings is 1. The Morgan fingerprint density at radius 1 is 1.18 bits per heavy atom. The molecule has 0 radical (unpaired) electrons. The Hall–Kier alpha value is -2.71. The van der Waals surface area contributed by atoms with Gasteiger partial charge in [0.25, 0.3) is 0 Å². The normalized spacial score (nSPS) is 16.6. The zero-order valence-electron chi connectivity index (χ0n) is 18.6. The first-order chi connectivity index (χ1) is 14.9. The first-order valence-corrected chi connectivity index (χ1v) is 10.6. The molecule has 4 rings (SSSR count). The number of aliphatic carboxylic acids is 1. The van der Waals surface area contributed by atoms with Crippen LogP contribution in [0.2, 0.25) is 0 Å². The molecule has 0 aliphatic carbocycles. The van der Waals surface area contributed by atoms with Crippen LogP contribution in [0.3, 0.4) is 0 Å². The molecule has 2 aliphatic rings. The summed E-state index contributed by atoms with van der Waals surface area (Å²) in [7, 11) is 0. The van der Waals surface area contributed by atoms with Crippen molar-refractivity contribution in [1.29, 1.82) is 5.41 Å². The average Bonchev–Trinajstić information content (AvgIpc) is 2.78. The van der Waals surface area contributed by atoms with Crippen molar-refractivity contribution in [1.82, 2.24) is 9.88 Å². The van der Waals surface area contributed by atoms with Crippen molar-refractivity contribution in [3.63, 3.8) is 0 Å². The molecule has 0 bridgehead atoms. The Bertz CT molecular complexity index is 982. The highest BCUT2D eigenvalue weighted by molar-refractivity contribution is 5.85. The van der Waals surface area contributed by atoms with Gasteiger partial charge in [-0.3, -0.25) is 15.2 Å². The Morgan fingerprint density at radius 2 is 1.85 bits per heavy atom. The lowest BCUT2D eigenvalue weighted by Gasteiger charge is -2.39. The Kier molecular flexibility index (Phi) is 8.80. The van der Waals surface area contributed by atoms with Gasteiger partial charge in [0.05, 0.1) is 0 Å². The first kappa shape index (κ1) is 26.5. The second-order valence-corrected chi connectivity index (χ2v) is 8.51. The SMILES string of the molecule is Cc1cc2c(cc1OCC1(C(=O)O)CCN(c3ccncc3)CC1)CN(C(=N)N)CC2.Cl.Cl. The molecule has 10 heteroatoms. The van der Waals surface area contributed by atoms with E-state index < -0.39 is 11.4 Å². The van der Waals surface area contributed by atoms with Crippen LogP contribution in [0.15, 0.2) is 36.7 Å². The van der Waals surface area contributed by atoms with E-state index in [9.17, 15) is 9.90 Å². The van der Waals surface area contributed by atoms with Crippen molar-refractivity contribution in [2.45, 2.75) is 32.7 Å². The molecule has 1 aromatic carbocycles. The minimum Gasteiger partial charge on any atom is -0.492 e. The van der Waals surface area contributed by atoms with Gasteiger partial charge < -0.3 is 25.4 Å². The zero-order chi connectivity index (χ0) is 22.0. The van der Waals surface area contributed by atoms with Crippen LogP contribution in [-0.2, 0) is 17.8 Å². The quantitative estimate of drug-likeness (QED) is 0.430. The van der Waals surface area contributed by atoms with E-state index in [4.69, 9.17) is 15.9 Å². The predicted molar refractivity (Wildman–Crippen MR) is 133 cm³/mol. The number of nitrogens with zero attached hydrogens (tertiary/aromatic N) is 3. The van der Waals surface area contributed by atoms with Gasteiger partial charge in [-0.15, -0.1) is 24.8 Å². The number of nitrogens with one attached hydrogen (secondary N) is 1. The smallest absolute Gasteiger partial charge is 0.313 e. The van der Waals surface area contributed by atoms with E-state index in [0.717, 1.165) is 29.8 Å². The molecule has 1 aromatic heterocycles. The largest absolute Gasteiger partial charge is 0.492 e. The number of carboxylic acids is 1. The van der Waals surface area contributed by atoms with Crippen molar-refractivity contribution < 1.29 is 14.6 Å².